The van der Waals surface area contributed by atoms with E-state index in [1.807, 2.05) is 0 Å². The van der Waals surface area contributed by atoms with Crippen LogP contribution < -0.4 is 9.13 Å². The summed E-state index contributed by atoms with van der Waals surface area (Å²) in [5.41, 5.74) is 2.59. The first-order valence-electron chi connectivity index (χ1n) is 11.8. The Morgan fingerprint density at radius 2 is 0.893 bits per heavy atom. The lowest BCUT2D eigenvalue weighted by atomic mass is 10.1. The van der Waals surface area contributed by atoms with Gasteiger partial charge in [-0.25, -0.2) is 9.13 Å². The van der Waals surface area contributed by atoms with Crippen molar-refractivity contribution in [1.82, 2.24) is 0 Å². The molecule has 0 N–H and O–H groups in total. The second kappa shape index (κ2) is 14.3. The van der Waals surface area contributed by atoms with Crippen LogP contribution in [0.2, 0.25) is 0 Å². The predicted molar refractivity (Wildman–Crippen MR) is 119 cm³/mol. The molecule has 2 aromatic heterocycles. The van der Waals surface area contributed by atoms with Gasteiger partial charge >= 0.3 is 0 Å². The molecule has 0 atom stereocenters. The summed E-state index contributed by atoms with van der Waals surface area (Å²) < 4.78 is 4.52. The second-order valence-electron chi connectivity index (χ2n) is 8.13. The first-order chi connectivity index (χ1) is 13.8. The fourth-order valence-electron chi connectivity index (χ4n) is 3.79. The van der Waals surface area contributed by atoms with Crippen LogP contribution in [0.5, 0.6) is 0 Å². The van der Waals surface area contributed by atoms with Crippen molar-refractivity contribution in [3.8, 4) is 11.1 Å². The van der Waals surface area contributed by atoms with E-state index in [4.69, 9.17) is 0 Å². The van der Waals surface area contributed by atoms with Crippen molar-refractivity contribution in [3.63, 3.8) is 0 Å². The molecule has 0 amide bonds. The van der Waals surface area contributed by atoms with E-state index in [-0.39, 0.29) is 0 Å². The number of pyridine rings is 2. The molecule has 0 saturated carbocycles. The second-order valence-corrected chi connectivity index (χ2v) is 8.13. The highest BCUT2D eigenvalue weighted by atomic mass is 14.9. The van der Waals surface area contributed by atoms with E-state index in [1.165, 1.54) is 88.2 Å². The Kier molecular flexibility index (Phi) is 11.6. The van der Waals surface area contributed by atoms with Gasteiger partial charge in [0.2, 0.25) is 0 Å². The summed E-state index contributed by atoms with van der Waals surface area (Å²) in [5.74, 6) is 0. The minimum Gasteiger partial charge on any atom is -0.205 e. The van der Waals surface area contributed by atoms with Crippen LogP contribution in [0.3, 0.4) is 0 Å². The van der Waals surface area contributed by atoms with Gasteiger partial charge in [-0.1, -0.05) is 71.1 Å². The maximum absolute atomic E-state index is 2.33. The summed E-state index contributed by atoms with van der Waals surface area (Å²) in [7, 11) is 0. The number of aromatic nitrogens is 2. The maximum Gasteiger partial charge on any atom is 0.169 e. The average Bonchev–Trinajstić information content (AvgIpc) is 2.75. The zero-order chi connectivity index (χ0) is 19.9. The molecular weight excluding hydrogens is 340 g/mol. The van der Waals surface area contributed by atoms with Crippen LogP contribution >= 0.6 is 0 Å². The molecule has 0 saturated heterocycles. The summed E-state index contributed by atoms with van der Waals surface area (Å²) in [6.07, 6.45) is 25.7. The number of hydrogen-bond acceptors (Lipinski definition) is 0. The van der Waals surface area contributed by atoms with Gasteiger partial charge < -0.3 is 0 Å². The lowest BCUT2D eigenvalue weighted by Gasteiger charge is -2.03. The van der Waals surface area contributed by atoms with Crippen molar-refractivity contribution < 1.29 is 9.13 Å². The van der Waals surface area contributed by atoms with Gasteiger partial charge in [-0.2, -0.15) is 0 Å². The van der Waals surface area contributed by atoms with Gasteiger partial charge in [0.25, 0.3) is 0 Å². The zero-order valence-corrected chi connectivity index (χ0v) is 18.4. The van der Waals surface area contributed by atoms with Crippen molar-refractivity contribution in [3.05, 3.63) is 49.1 Å². The van der Waals surface area contributed by atoms with Gasteiger partial charge in [0, 0.05) is 30.7 Å². The molecule has 0 fully saturated rings. The third kappa shape index (κ3) is 8.99. The topological polar surface area (TPSA) is 7.76 Å². The molecule has 2 heteroatoms. The summed E-state index contributed by atoms with van der Waals surface area (Å²) in [6.45, 7) is 6.62. The molecule has 0 aliphatic rings. The smallest absolute Gasteiger partial charge is 0.169 e. The van der Waals surface area contributed by atoms with Crippen LogP contribution in [-0.4, -0.2) is 0 Å². The van der Waals surface area contributed by atoms with Crippen molar-refractivity contribution in [2.75, 3.05) is 0 Å². The molecule has 0 bridgehead atoms. The van der Waals surface area contributed by atoms with E-state index in [0.29, 0.717) is 0 Å². The number of hydrogen-bond donors (Lipinski definition) is 0. The quantitative estimate of drug-likeness (QED) is 0.241. The lowest BCUT2D eigenvalue weighted by Crippen LogP contribution is -2.32. The molecule has 2 heterocycles. The van der Waals surface area contributed by atoms with Crippen LogP contribution in [0, 0.1) is 0 Å². The van der Waals surface area contributed by atoms with Crippen molar-refractivity contribution in [2.45, 2.75) is 104 Å². The Balaban J connectivity index is 1.52. The van der Waals surface area contributed by atoms with Crippen LogP contribution in [0.1, 0.15) is 90.9 Å². The summed E-state index contributed by atoms with van der Waals surface area (Å²) in [6, 6.07) is 8.89. The normalized spacial score (nSPS) is 11.1. The fraction of sp³-hybridized carbons (Fsp3) is 0.615. The molecule has 154 valence electrons. The van der Waals surface area contributed by atoms with Gasteiger partial charge in [-0.3, -0.25) is 0 Å². The van der Waals surface area contributed by atoms with Gasteiger partial charge in [-0.05, 0) is 24.5 Å². The van der Waals surface area contributed by atoms with E-state index in [2.05, 4.69) is 72.0 Å². The minimum atomic E-state index is 1.02. The highest BCUT2D eigenvalue weighted by Crippen LogP contribution is 2.16. The molecule has 28 heavy (non-hydrogen) atoms. The third-order valence-corrected chi connectivity index (χ3v) is 5.75. The molecule has 2 aromatic rings. The van der Waals surface area contributed by atoms with Gasteiger partial charge in [0.05, 0.1) is 0 Å². The first kappa shape index (κ1) is 22.6. The monoisotopic (exact) mass is 382 g/mol. The molecular formula is C26H42N2+2. The molecule has 0 aliphatic heterocycles. The number of nitrogens with zero attached hydrogens (tertiary/aromatic N) is 2. The summed E-state index contributed by atoms with van der Waals surface area (Å²) in [5, 5.41) is 0. The van der Waals surface area contributed by atoms with E-state index >= 15 is 0 Å². The first-order valence-corrected chi connectivity index (χ1v) is 11.8. The third-order valence-electron chi connectivity index (χ3n) is 5.75. The Labute approximate surface area is 173 Å². The van der Waals surface area contributed by atoms with Crippen molar-refractivity contribution in [1.29, 1.82) is 0 Å². The zero-order valence-electron chi connectivity index (χ0n) is 18.4. The number of rotatable bonds is 15. The minimum absolute atomic E-state index is 1.02. The Bertz CT molecular complexity index is 616. The highest BCUT2D eigenvalue weighted by Gasteiger charge is 2.05. The van der Waals surface area contributed by atoms with Crippen molar-refractivity contribution in [2.24, 2.45) is 0 Å². The van der Waals surface area contributed by atoms with Gasteiger partial charge in [0.1, 0.15) is 13.1 Å². The van der Waals surface area contributed by atoms with Gasteiger partial charge in [0.15, 0.2) is 24.8 Å². The maximum atomic E-state index is 2.33. The van der Waals surface area contributed by atoms with Crippen LogP contribution in [0.25, 0.3) is 11.1 Å². The van der Waals surface area contributed by atoms with E-state index < -0.39 is 0 Å². The number of aryl methyl sites for hydroxylation is 2. The molecule has 2 rings (SSSR count). The van der Waals surface area contributed by atoms with Crippen LogP contribution in [0.4, 0.5) is 0 Å². The average molecular weight is 383 g/mol. The van der Waals surface area contributed by atoms with Gasteiger partial charge in [-0.15, -0.1) is 0 Å². The molecule has 0 aromatic carbocycles. The molecule has 0 radical (unpaired) electrons. The number of unbranched alkanes of at least 4 members (excludes halogenated alkanes) is 11. The molecule has 0 spiro atoms. The standard InChI is InChI=1S/C26H42N2/c1-3-5-6-7-8-9-10-11-12-13-14-15-20-28-23-18-26(19-24-28)25-16-21-27(4-2)22-17-25/h16-19,21-24H,3-15,20H2,1-2H3/q+2. The lowest BCUT2D eigenvalue weighted by molar-refractivity contribution is -0.697. The summed E-state index contributed by atoms with van der Waals surface area (Å²) in [4.78, 5) is 0. The predicted octanol–water partition coefficient (Wildman–Crippen LogP) is 6.65. The summed E-state index contributed by atoms with van der Waals surface area (Å²) >= 11 is 0. The van der Waals surface area contributed by atoms with E-state index in [0.717, 1.165) is 13.1 Å². The molecule has 0 unspecified atom stereocenters. The largest absolute Gasteiger partial charge is 0.205 e. The highest BCUT2D eigenvalue weighted by molar-refractivity contribution is 5.60. The Morgan fingerprint density at radius 3 is 1.32 bits per heavy atom. The molecule has 2 nitrogen and oxygen atoms in total. The van der Waals surface area contributed by atoms with Crippen LogP contribution in [0.15, 0.2) is 49.1 Å². The SMILES string of the molecule is CCCCCCCCCCCCCC[n+]1ccc(-c2cc[n+](CC)cc2)cc1. The Morgan fingerprint density at radius 1 is 0.500 bits per heavy atom. The molecule has 0 aliphatic carbocycles. The van der Waals surface area contributed by atoms with Crippen molar-refractivity contribution >= 4 is 0 Å². The van der Waals surface area contributed by atoms with E-state index in [1.54, 1.807) is 0 Å². The fourth-order valence-corrected chi connectivity index (χ4v) is 3.79. The van der Waals surface area contributed by atoms with Crippen LogP contribution in [-0.2, 0) is 13.1 Å². The van der Waals surface area contributed by atoms with E-state index in [9.17, 15) is 0 Å². The Hall–Kier alpha value is -1.70.